The number of ether oxygens (including phenoxy) is 2. The lowest BCUT2D eigenvalue weighted by Gasteiger charge is -2.15. The summed E-state index contributed by atoms with van der Waals surface area (Å²) in [5.74, 6) is 0.267. The molecule has 3 rings (SSSR count). The Morgan fingerprint density at radius 1 is 1.35 bits per heavy atom. The van der Waals surface area contributed by atoms with E-state index >= 15 is 0 Å². The summed E-state index contributed by atoms with van der Waals surface area (Å²) in [6, 6.07) is 2.00. The van der Waals surface area contributed by atoms with Gasteiger partial charge in [0.2, 0.25) is 0 Å². The molecule has 1 atom stereocenters. The van der Waals surface area contributed by atoms with Gasteiger partial charge in [-0.2, -0.15) is 0 Å². The zero-order valence-electron chi connectivity index (χ0n) is 9.66. The lowest BCUT2D eigenvalue weighted by molar-refractivity contribution is -0.138. The highest BCUT2D eigenvalue weighted by molar-refractivity contribution is 5.79. The molecule has 0 fully saturated rings. The van der Waals surface area contributed by atoms with Crippen LogP contribution in [0.4, 0.5) is 0 Å². The van der Waals surface area contributed by atoms with Crippen LogP contribution in [0.15, 0.2) is 6.07 Å². The van der Waals surface area contributed by atoms with Gasteiger partial charge in [0, 0.05) is 29.5 Å². The van der Waals surface area contributed by atoms with Crippen molar-refractivity contribution in [2.75, 3.05) is 13.2 Å². The van der Waals surface area contributed by atoms with Crippen molar-refractivity contribution in [3.8, 4) is 11.5 Å². The summed E-state index contributed by atoms with van der Waals surface area (Å²) < 4.78 is 11.2. The van der Waals surface area contributed by atoms with Crippen molar-refractivity contribution in [2.45, 2.75) is 25.7 Å². The average molecular weight is 234 g/mol. The third-order valence-corrected chi connectivity index (χ3v) is 3.50. The van der Waals surface area contributed by atoms with Crippen molar-refractivity contribution in [1.82, 2.24) is 0 Å². The number of hydrogen-bond donors (Lipinski definition) is 1. The topological polar surface area (TPSA) is 55.8 Å². The number of aliphatic carboxylic acids is 1. The molecule has 0 aromatic heterocycles. The van der Waals surface area contributed by atoms with Crippen LogP contribution in [-0.2, 0) is 17.6 Å². The zero-order chi connectivity index (χ0) is 12.0. The number of benzene rings is 1. The van der Waals surface area contributed by atoms with Gasteiger partial charge in [-0.3, -0.25) is 4.79 Å². The molecule has 1 unspecified atom stereocenters. The Bertz CT molecular complexity index is 460. The van der Waals surface area contributed by atoms with Crippen molar-refractivity contribution >= 4 is 5.97 Å². The van der Waals surface area contributed by atoms with Crippen LogP contribution in [0.25, 0.3) is 0 Å². The molecule has 0 spiro atoms. The van der Waals surface area contributed by atoms with Crippen LogP contribution in [0.2, 0.25) is 0 Å². The van der Waals surface area contributed by atoms with Gasteiger partial charge in [-0.05, 0) is 13.0 Å². The number of fused-ring (bicyclic) bond motifs is 2. The Kier molecular flexibility index (Phi) is 2.24. The monoisotopic (exact) mass is 234 g/mol. The molecule has 0 aliphatic carbocycles. The summed E-state index contributed by atoms with van der Waals surface area (Å²) >= 11 is 0. The van der Waals surface area contributed by atoms with E-state index < -0.39 is 11.9 Å². The van der Waals surface area contributed by atoms with E-state index in [2.05, 4.69) is 0 Å². The predicted octanol–water partition coefficient (Wildman–Crippen LogP) is 1.74. The van der Waals surface area contributed by atoms with Crippen molar-refractivity contribution in [3.05, 3.63) is 22.8 Å². The largest absolute Gasteiger partial charge is 0.493 e. The van der Waals surface area contributed by atoms with Gasteiger partial charge in [0.15, 0.2) is 0 Å². The van der Waals surface area contributed by atoms with Gasteiger partial charge >= 0.3 is 5.97 Å². The zero-order valence-corrected chi connectivity index (χ0v) is 9.66. The molecule has 1 aromatic rings. The smallest absolute Gasteiger partial charge is 0.310 e. The van der Waals surface area contributed by atoms with Crippen molar-refractivity contribution in [3.63, 3.8) is 0 Å². The fourth-order valence-electron chi connectivity index (χ4n) is 2.60. The summed E-state index contributed by atoms with van der Waals surface area (Å²) in [5, 5.41) is 9.20. The lowest BCUT2D eigenvalue weighted by atomic mass is 9.91. The molecule has 1 aromatic carbocycles. The first-order chi connectivity index (χ1) is 8.18. The number of carboxylic acids is 1. The molecule has 4 heteroatoms. The number of carboxylic acid groups (broad SMARTS) is 1. The molecule has 17 heavy (non-hydrogen) atoms. The molecular formula is C13H14O4. The van der Waals surface area contributed by atoms with E-state index in [1.807, 2.05) is 6.07 Å². The minimum atomic E-state index is -0.817. The molecule has 0 radical (unpaired) electrons. The molecule has 1 N–H and O–H groups in total. The predicted molar refractivity (Wildman–Crippen MR) is 60.9 cm³/mol. The van der Waals surface area contributed by atoms with E-state index in [-0.39, 0.29) is 0 Å². The molecule has 0 amide bonds. The molecule has 0 bridgehead atoms. The van der Waals surface area contributed by atoms with E-state index in [1.54, 1.807) is 6.92 Å². The highest BCUT2D eigenvalue weighted by Crippen LogP contribution is 2.43. The van der Waals surface area contributed by atoms with Gasteiger partial charge in [0.25, 0.3) is 0 Å². The van der Waals surface area contributed by atoms with E-state index in [4.69, 9.17) is 9.47 Å². The van der Waals surface area contributed by atoms with Crippen LogP contribution in [-0.4, -0.2) is 24.3 Å². The number of rotatable bonds is 2. The average Bonchev–Trinajstić information content (AvgIpc) is 2.91. The van der Waals surface area contributed by atoms with Gasteiger partial charge in [0.1, 0.15) is 11.5 Å². The molecule has 0 saturated heterocycles. The van der Waals surface area contributed by atoms with E-state index in [0.717, 1.165) is 41.0 Å². The second-order valence-electron chi connectivity index (χ2n) is 4.51. The van der Waals surface area contributed by atoms with Gasteiger partial charge < -0.3 is 14.6 Å². The fraction of sp³-hybridized carbons (Fsp3) is 0.462. The van der Waals surface area contributed by atoms with Crippen LogP contribution in [0.5, 0.6) is 11.5 Å². The van der Waals surface area contributed by atoms with Gasteiger partial charge in [-0.25, -0.2) is 0 Å². The Hall–Kier alpha value is -1.71. The molecule has 0 saturated carbocycles. The van der Waals surface area contributed by atoms with Crippen LogP contribution in [0.3, 0.4) is 0 Å². The highest BCUT2D eigenvalue weighted by Gasteiger charge is 2.31. The van der Waals surface area contributed by atoms with Crippen molar-refractivity contribution in [2.24, 2.45) is 0 Å². The Morgan fingerprint density at radius 2 is 2.12 bits per heavy atom. The van der Waals surface area contributed by atoms with E-state index in [1.165, 1.54) is 0 Å². The minimum Gasteiger partial charge on any atom is -0.493 e. The van der Waals surface area contributed by atoms with Crippen LogP contribution >= 0.6 is 0 Å². The molecule has 2 aliphatic heterocycles. The Morgan fingerprint density at radius 3 is 2.88 bits per heavy atom. The Balaban J connectivity index is 2.21. The molecule has 2 heterocycles. The molecule has 4 nitrogen and oxygen atoms in total. The van der Waals surface area contributed by atoms with Crippen LogP contribution < -0.4 is 9.47 Å². The summed E-state index contributed by atoms with van der Waals surface area (Å²) in [6.07, 6.45) is 1.62. The van der Waals surface area contributed by atoms with Crippen molar-refractivity contribution in [1.29, 1.82) is 0 Å². The summed E-state index contributed by atoms with van der Waals surface area (Å²) in [5.41, 5.74) is 2.91. The van der Waals surface area contributed by atoms with E-state index in [9.17, 15) is 9.90 Å². The summed E-state index contributed by atoms with van der Waals surface area (Å²) in [7, 11) is 0. The van der Waals surface area contributed by atoms with Crippen LogP contribution in [0.1, 0.15) is 29.5 Å². The molecule has 2 aliphatic rings. The normalized spacial score (nSPS) is 17.9. The summed E-state index contributed by atoms with van der Waals surface area (Å²) in [6.45, 7) is 2.98. The molecular weight excluding hydrogens is 220 g/mol. The quantitative estimate of drug-likeness (QED) is 0.846. The SMILES string of the molecule is CC(C(=O)O)c1c2c(cc3c1OCC3)OCC2. The minimum absolute atomic E-state index is 0.543. The first kappa shape index (κ1) is 10.4. The van der Waals surface area contributed by atoms with Gasteiger partial charge in [-0.15, -0.1) is 0 Å². The number of hydrogen-bond acceptors (Lipinski definition) is 3. The third kappa shape index (κ3) is 1.47. The fourth-order valence-corrected chi connectivity index (χ4v) is 2.60. The standard InChI is InChI=1S/C13H14O4/c1-7(13(14)15)11-9-3-5-16-10(9)6-8-2-4-17-12(8)11/h6-7H,2-5H2,1H3,(H,14,15). The number of carbonyl (C=O) groups is 1. The van der Waals surface area contributed by atoms with E-state index in [0.29, 0.717) is 13.2 Å². The maximum atomic E-state index is 11.2. The first-order valence-corrected chi connectivity index (χ1v) is 5.85. The summed E-state index contributed by atoms with van der Waals surface area (Å²) in [4.78, 5) is 11.2. The third-order valence-electron chi connectivity index (χ3n) is 3.50. The lowest BCUT2D eigenvalue weighted by Crippen LogP contribution is -2.11. The van der Waals surface area contributed by atoms with Gasteiger partial charge in [0.05, 0.1) is 19.1 Å². The highest BCUT2D eigenvalue weighted by atomic mass is 16.5. The van der Waals surface area contributed by atoms with Gasteiger partial charge in [-0.1, -0.05) is 0 Å². The van der Waals surface area contributed by atoms with Crippen LogP contribution in [0, 0.1) is 0 Å². The maximum Gasteiger partial charge on any atom is 0.310 e. The second-order valence-corrected chi connectivity index (χ2v) is 4.51. The maximum absolute atomic E-state index is 11.2. The molecule has 90 valence electrons. The van der Waals surface area contributed by atoms with Crippen molar-refractivity contribution < 1.29 is 19.4 Å². The second kappa shape index (κ2) is 3.65. The first-order valence-electron chi connectivity index (χ1n) is 5.85. The Labute approximate surface area is 99.2 Å².